The van der Waals surface area contributed by atoms with Crippen molar-refractivity contribution < 1.29 is 24.8 Å². The maximum atomic E-state index is 8.76. The van der Waals surface area contributed by atoms with E-state index in [4.69, 9.17) is 10.00 Å². The van der Waals surface area contributed by atoms with Gasteiger partial charge in [0.05, 0.1) is 24.4 Å². The van der Waals surface area contributed by atoms with Gasteiger partial charge in [-0.3, -0.25) is 4.99 Å². The van der Waals surface area contributed by atoms with E-state index in [1.807, 2.05) is 43.3 Å². The monoisotopic (exact) mass is 443 g/mol. The second-order valence-electron chi connectivity index (χ2n) is 4.08. The Balaban J connectivity index is 0.00000200. The van der Waals surface area contributed by atoms with E-state index in [-0.39, 0.29) is 20.1 Å². The first kappa shape index (κ1) is 16.1. The van der Waals surface area contributed by atoms with Crippen LogP contribution in [0.5, 0.6) is 5.75 Å². The van der Waals surface area contributed by atoms with Crippen LogP contribution >= 0.6 is 0 Å². The number of methoxy groups -OCH3 is 1. The minimum absolute atomic E-state index is 0. The maximum absolute atomic E-state index is 8.76. The Kier molecular flexibility index (Phi) is 6.11. The molecule has 0 aliphatic carbocycles. The van der Waals surface area contributed by atoms with Crippen molar-refractivity contribution in [1.29, 1.82) is 5.26 Å². The molecular formula is C16H14IrN2O. The normalized spacial score (nSPS) is 10.3. The first-order valence-corrected chi connectivity index (χ1v) is 5.93. The van der Waals surface area contributed by atoms with Gasteiger partial charge < -0.3 is 4.74 Å². The molecule has 4 heteroatoms. The van der Waals surface area contributed by atoms with E-state index >= 15 is 0 Å². The molecule has 0 bridgehead atoms. The van der Waals surface area contributed by atoms with Crippen LogP contribution < -0.4 is 4.74 Å². The first-order chi connectivity index (χ1) is 9.22. The summed E-state index contributed by atoms with van der Waals surface area (Å²) in [5.74, 6) is 0.815. The van der Waals surface area contributed by atoms with Crippen molar-refractivity contribution in [2.45, 2.75) is 6.92 Å². The molecule has 0 spiro atoms. The minimum atomic E-state index is 0. The fourth-order valence-corrected chi connectivity index (χ4v) is 1.70. The van der Waals surface area contributed by atoms with Crippen LogP contribution in [0.4, 0.5) is 5.69 Å². The molecule has 0 atom stereocenters. The largest absolute Gasteiger partial charge is 0.497 e. The van der Waals surface area contributed by atoms with E-state index in [2.05, 4.69) is 11.1 Å². The third-order valence-electron chi connectivity index (χ3n) is 2.80. The van der Waals surface area contributed by atoms with Gasteiger partial charge in [0.2, 0.25) is 0 Å². The molecule has 20 heavy (non-hydrogen) atoms. The second-order valence-corrected chi connectivity index (χ2v) is 4.08. The zero-order valence-electron chi connectivity index (χ0n) is 11.3. The van der Waals surface area contributed by atoms with Crippen LogP contribution in [-0.4, -0.2) is 12.8 Å². The van der Waals surface area contributed by atoms with Crippen LogP contribution in [0, 0.1) is 11.3 Å². The summed E-state index contributed by atoms with van der Waals surface area (Å²) in [6.07, 6.45) is 0. The van der Waals surface area contributed by atoms with Crippen molar-refractivity contribution in [3.8, 4) is 11.8 Å². The number of benzene rings is 2. The molecule has 2 aromatic carbocycles. The van der Waals surface area contributed by atoms with Crippen molar-refractivity contribution in [1.82, 2.24) is 0 Å². The van der Waals surface area contributed by atoms with E-state index in [0.29, 0.717) is 5.56 Å². The Hall–Kier alpha value is -1.95. The topological polar surface area (TPSA) is 45.4 Å². The number of nitrogens with zero attached hydrogens (tertiary/aromatic N) is 2. The smallest absolute Gasteiger partial charge is 0.119 e. The predicted octanol–water partition coefficient (Wildman–Crippen LogP) is 3.71. The van der Waals surface area contributed by atoms with Gasteiger partial charge in [0.15, 0.2) is 0 Å². The molecule has 0 N–H and O–H groups in total. The van der Waals surface area contributed by atoms with E-state index < -0.39 is 0 Å². The average molecular weight is 443 g/mol. The summed E-state index contributed by atoms with van der Waals surface area (Å²) in [7, 11) is 1.64. The Labute approximate surface area is 132 Å². The van der Waals surface area contributed by atoms with Crippen LogP contribution in [0.3, 0.4) is 0 Å². The number of aliphatic imine (C=N–C) groups is 1. The van der Waals surface area contributed by atoms with Gasteiger partial charge in [-0.05, 0) is 48.9 Å². The Morgan fingerprint density at radius 1 is 1.05 bits per heavy atom. The third-order valence-corrected chi connectivity index (χ3v) is 2.80. The molecule has 0 saturated carbocycles. The summed E-state index contributed by atoms with van der Waals surface area (Å²) in [6.45, 7) is 1.95. The fraction of sp³-hybridized carbons (Fsp3) is 0.125. The van der Waals surface area contributed by atoms with E-state index in [9.17, 15) is 0 Å². The molecule has 0 amide bonds. The van der Waals surface area contributed by atoms with Gasteiger partial charge in [-0.1, -0.05) is 12.1 Å². The SMILES string of the molecule is COc1ccc(N=C(C)c2ccc(C#N)cc2)cc1.[Ir]. The third kappa shape index (κ3) is 4.03. The first-order valence-electron chi connectivity index (χ1n) is 5.93. The molecule has 0 fully saturated rings. The van der Waals surface area contributed by atoms with Crippen LogP contribution in [0.2, 0.25) is 0 Å². The van der Waals surface area contributed by atoms with Gasteiger partial charge in [-0.2, -0.15) is 5.26 Å². The van der Waals surface area contributed by atoms with Gasteiger partial charge in [0.25, 0.3) is 0 Å². The van der Waals surface area contributed by atoms with E-state index in [1.54, 1.807) is 19.2 Å². The second kappa shape index (κ2) is 7.59. The molecule has 0 aromatic heterocycles. The average Bonchev–Trinajstić information content (AvgIpc) is 2.48. The van der Waals surface area contributed by atoms with Crippen molar-refractivity contribution in [2.75, 3.05) is 7.11 Å². The number of hydrogen-bond donors (Lipinski definition) is 0. The summed E-state index contributed by atoms with van der Waals surface area (Å²) in [5, 5.41) is 8.76. The Bertz CT molecular complexity index is 625. The molecule has 0 aliphatic rings. The maximum Gasteiger partial charge on any atom is 0.119 e. The van der Waals surface area contributed by atoms with E-state index in [1.165, 1.54) is 0 Å². The molecule has 0 aliphatic heterocycles. The number of ether oxygens (including phenoxy) is 1. The van der Waals surface area contributed by atoms with Crippen molar-refractivity contribution in [2.24, 2.45) is 4.99 Å². The quantitative estimate of drug-likeness (QED) is 0.681. The number of rotatable bonds is 3. The predicted molar refractivity (Wildman–Crippen MR) is 76.0 cm³/mol. The summed E-state index contributed by atoms with van der Waals surface area (Å²) in [5.41, 5.74) is 3.45. The van der Waals surface area contributed by atoms with Crippen LogP contribution in [0.25, 0.3) is 0 Å². The molecule has 103 valence electrons. The number of hydrogen-bond acceptors (Lipinski definition) is 3. The summed E-state index contributed by atoms with van der Waals surface area (Å²) >= 11 is 0. The van der Waals surface area contributed by atoms with Gasteiger partial charge >= 0.3 is 0 Å². The fourth-order valence-electron chi connectivity index (χ4n) is 1.70. The standard InChI is InChI=1S/C16H14N2O.Ir/c1-12(14-5-3-13(11-17)4-6-14)18-15-7-9-16(19-2)10-8-15;/h3-10H,1-2H3;. The van der Waals surface area contributed by atoms with Gasteiger partial charge in [-0.15, -0.1) is 0 Å². The molecule has 0 saturated heterocycles. The zero-order chi connectivity index (χ0) is 13.7. The minimum Gasteiger partial charge on any atom is -0.497 e. The molecule has 3 nitrogen and oxygen atoms in total. The molecular weight excluding hydrogens is 428 g/mol. The van der Waals surface area contributed by atoms with E-state index in [0.717, 1.165) is 22.7 Å². The molecule has 2 rings (SSSR count). The molecule has 1 radical (unpaired) electrons. The van der Waals surface area contributed by atoms with Crippen LogP contribution in [0.15, 0.2) is 53.5 Å². The van der Waals surface area contributed by atoms with Crippen molar-refractivity contribution in [3.63, 3.8) is 0 Å². The van der Waals surface area contributed by atoms with Gasteiger partial charge in [0.1, 0.15) is 5.75 Å². The Morgan fingerprint density at radius 3 is 2.15 bits per heavy atom. The number of nitriles is 1. The molecule has 2 aromatic rings. The van der Waals surface area contributed by atoms with Gasteiger partial charge in [0, 0.05) is 25.8 Å². The van der Waals surface area contributed by atoms with Crippen molar-refractivity contribution >= 4 is 11.4 Å². The summed E-state index contributed by atoms with van der Waals surface area (Å²) < 4.78 is 5.11. The molecule has 0 heterocycles. The van der Waals surface area contributed by atoms with Crippen LogP contribution in [0.1, 0.15) is 18.1 Å². The Morgan fingerprint density at radius 2 is 1.65 bits per heavy atom. The summed E-state index contributed by atoms with van der Waals surface area (Å²) in [6, 6.07) is 17.1. The van der Waals surface area contributed by atoms with Crippen molar-refractivity contribution in [3.05, 3.63) is 59.7 Å². The van der Waals surface area contributed by atoms with Crippen LogP contribution in [-0.2, 0) is 20.1 Å². The van der Waals surface area contributed by atoms with Gasteiger partial charge in [-0.25, -0.2) is 0 Å². The summed E-state index contributed by atoms with van der Waals surface area (Å²) in [4.78, 5) is 4.54. The molecule has 0 unspecified atom stereocenters. The zero-order valence-corrected chi connectivity index (χ0v) is 13.6.